The fraction of sp³-hybridized carbons (Fsp3) is 0.467. The van der Waals surface area contributed by atoms with Crippen LogP contribution in [0.15, 0.2) is 18.2 Å². The molecule has 1 aromatic heterocycles. The van der Waals surface area contributed by atoms with E-state index in [1.807, 2.05) is 0 Å². The van der Waals surface area contributed by atoms with Crippen LogP contribution in [0.25, 0.3) is 10.9 Å². The van der Waals surface area contributed by atoms with Gasteiger partial charge in [-0.15, -0.1) is 0 Å². The second-order valence-electron chi connectivity index (χ2n) is 5.14. The van der Waals surface area contributed by atoms with Crippen LogP contribution in [0.4, 0.5) is 0 Å². The summed E-state index contributed by atoms with van der Waals surface area (Å²) in [6.07, 6.45) is 2.26. The quantitative estimate of drug-likeness (QED) is 0.794. The Kier molecular flexibility index (Phi) is 2.48. The summed E-state index contributed by atoms with van der Waals surface area (Å²) < 4.78 is 2.39. The predicted octanol–water partition coefficient (Wildman–Crippen LogP) is 2.77. The number of rotatable bonds is 1. The first-order valence-electron chi connectivity index (χ1n) is 6.53. The molecule has 2 aromatic rings. The lowest BCUT2D eigenvalue weighted by Gasteiger charge is -2.21. The van der Waals surface area contributed by atoms with E-state index in [1.165, 1.54) is 22.2 Å². The molecule has 2 heterocycles. The van der Waals surface area contributed by atoms with Gasteiger partial charge in [0.15, 0.2) is 0 Å². The lowest BCUT2D eigenvalue weighted by Crippen LogP contribution is -2.33. The molecule has 2 nitrogen and oxygen atoms in total. The van der Waals surface area contributed by atoms with Crippen molar-refractivity contribution in [3.05, 3.63) is 35.0 Å². The number of hydrogen-bond donors (Lipinski definition) is 1. The zero-order valence-corrected chi connectivity index (χ0v) is 10.9. The number of nitrogens with zero attached hydrogens (tertiary/aromatic N) is 1. The number of aromatic nitrogens is 1. The highest BCUT2D eigenvalue weighted by Gasteiger charge is 2.22. The number of hydrogen-bond acceptors (Lipinski definition) is 1. The molecule has 0 fully saturated rings. The molecule has 3 rings (SSSR count). The summed E-state index contributed by atoms with van der Waals surface area (Å²) in [5.74, 6) is 0. The zero-order chi connectivity index (χ0) is 12.0. The van der Waals surface area contributed by atoms with E-state index in [4.69, 9.17) is 0 Å². The Hall–Kier alpha value is -1.28. The summed E-state index contributed by atoms with van der Waals surface area (Å²) in [7, 11) is 2.21. The van der Waals surface area contributed by atoms with E-state index in [0.717, 1.165) is 19.4 Å². The molecule has 0 bridgehead atoms. The van der Waals surface area contributed by atoms with Gasteiger partial charge in [0.25, 0.3) is 0 Å². The fourth-order valence-corrected chi connectivity index (χ4v) is 3.11. The molecule has 0 saturated heterocycles. The molecule has 0 radical (unpaired) electrons. The van der Waals surface area contributed by atoms with Crippen LogP contribution in [0.2, 0.25) is 0 Å². The van der Waals surface area contributed by atoms with Crippen LogP contribution >= 0.6 is 0 Å². The van der Waals surface area contributed by atoms with Gasteiger partial charge in [-0.2, -0.15) is 0 Å². The Morgan fingerprint density at radius 3 is 3.00 bits per heavy atom. The number of nitrogens with one attached hydrogen (secondary N) is 1. The van der Waals surface area contributed by atoms with E-state index in [-0.39, 0.29) is 0 Å². The van der Waals surface area contributed by atoms with Gasteiger partial charge < -0.3 is 9.88 Å². The Morgan fingerprint density at radius 2 is 2.24 bits per heavy atom. The molecule has 1 N–H and O–H groups in total. The smallest absolute Gasteiger partial charge is 0.0515 e. The van der Waals surface area contributed by atoms with Crippen LogP contribution in [-0.2, 0) is 26.4 Å². The van der Waals surface area contributed by atoms with E-state index in [9.17, 15) is 0 Å². The summed E-state index contributed by atoms with van der Waals surface area (Å²) in [6.45, 7) is 5.51. The minimum absolute atomic E-state index is 0.596. The molecule has 1 aliphatic rings. The third-order valence-corrected chi connectivity index (χ3v) is 4.04. The summed E-state index contributed by atoms with van der Waals surface area (Å²) in [4.78, 5) is 0. The monoisotopic (exact) mass is 228 g/mol. The van der Waals surface area contributed by atoms with E-state index in [2.05, 4.69) is 49.0 Å². The molecule has 90 valence electrons. The summed E-state index contributed by atoms with van der Waals surface area (Å²) in [5, 5.41) is 5.02. The van der Waals surface area contributed by atoms with Crippen molar-refractivity contribution in [2.75, 3.05) is 0 Å². The molecule has 2 heteroatoms. The number of para-hydroxylation sites is 1. The van der Waals surface area contributed by atoms with Crippen molar-refractivity contribution in [2.24, 2.45) is 7.05 Å². The van der Waals surface area contributed by atoms with Crippen molar-refractivity contribution >= 4 is 10.9 Å². The van der Waals surface area contributed by atoms with E-state index in [1.54, 1.807) is 5.56 Å². The van der Waals surface area contributed by atoms with Crippen molar-refractivity contribution < 1.29 is 0 Å². The number of aryl methyl sites for hydroxylation is 2. The Bertz CT molecular complexity index is 566. The van der Waals surface area contributed by atoms with E-state index >= 15 is 0 Å². The summed E-state index contributed by atoms with van der Waals surface area (Å²) >= 11 is 0. The maximum Gasteiger partial charge on any atom is 0.0515 e. The van der Waals surface area contributed by atoms with Gasteiger partial charge in [0.1, 0.15) is 0 Å². The molecular weight excluding hydrogens is 208 g/mol. The van der Waals surface area contributed by atoms with Crippen LogP contribution in [0.3, 0.4) is 0 Å². The molecule has 1 unspecified atom stereocenters. The summed E-state index contributed by atoms with van der Waals surface area (Å²) in [6, 6.07) is 7.34. The first kappa shape index (κ1) is 10.8. The lowest BCUT2D eigenvalue weighted by atomic mass is 9.98. The molecule has 17 heavy (non-hydrogen) atoms. The van der Waals surface area contributed by atoms with Crippen LogP contribution in [-0.4, -0.2) is 10.6 Å². The highest BCUT2D eigenvalue weighted by Crippen LogP contribution is 2.31. The van der Waals surface area contributed by atoms with Crippen molar-refractivity contribution in [1.82, 2.24) is 9.88 Å². The van der Waals surface area contributed by atoms with E-state index in [0.29, 0.717) is 6.04 Å². The Balaban J connectivity index is 2.33. The third-order valence-electron chi connectivity index (χ3n) is 4.04. The fourth-order valence-electron chi connectivity index (χ4n) is 3.11. The predicted molar refractivity (Wildman–Crippen MR) is 72.3 cm³/mol. The van der Waals surface area contributed by atoms with Crippen LogP contribution in [0.5, 0.6) is 0 Å². The van der Waals surface area contributed by atoms with Crippen LogP contribution < -0.4 is 5.32 Å². The molecule has 0 amide bonds. The van der Waals surface area contributed by atoms with Crippen molar-refractivity contribution in [3.8, 4) is 0 Å². The minimum atomic E-state index is 0.596. The van der Waals surface area contributed by atoms with Gasteiger partial charge in [-0.05, 0) is 30.9 Å². The second kappa shape index (κ2) is 3.88. The van der Waals surface area contributed by atoms with Crippen molar-refractivity contribution in [2.45, 2.75) is 39.3 Å². The molecule has 0 aliphatic carbocycles. The molecule has 1 aliphatic heterocycles. The van der Waals surface area contributed by atoms with Gasteiger partial charge in [0.2, 0.25) is 0 Å². The first-order valence-corrected chi connectivity index (χ1v) is 6.53. The highest BCUT2D eigenvalue weighted by molar-refractivity contribution is 5.88. The second-order valence-corrected chi connectivity index (χ2v) is 5.14. The average Bonchev–Trinajstić information content (AvgIpc) is 2.63. The Labute approximate surface area is 103 Å². The van der Waals surface area contributed by atoms with Gasteiger partial charge >= 0.3 is 0 Å². The van der Waals surface area contributed by atoms with Crippen LogP contribution in [0, 0.1) is 0 Å². The zero-order valence-electron chi connectivity index (χ0n) is 10.9. The largest absolute Gasteiger partial charge is 0.346 e. The standard InChI is InChI=1S/C15H20N2/c1-4-11-6-5-7-12-13-8-10(2)16-9-14(13)17(3)15(11)12/h5-7,10,16H,4,8-9H2,1-3H3. The van der Waals surface area contributed by atoms with Gasteiger partial charge in [-0.25, -0.2) is 0 Å². The molecule has 0 saturated carbocycles. The SMILES string of the molecule is CCc1cccc2c3c(n(C)c12)CNC(C)C3. The van der Waals surface area contributed by atoms with Crippen molar-refractivity contribution in [1.29, 1.82) is 0 Å². The summed E-state index contributed by atoms with van der Waals surface area (Å²) in [5.41, 5.74) is 5.94. The number of fused-ring (bicyclic) bond motifs is 3. The lowest BCUT2D eigenvalue weighted by molar-refractivity contribution is 0.500. The molecule has 1 atom stereocenters. The van der Waals surface area contributed by atoms with E-state index < -0.39 is 0 Å². The topological polar surface area (TPSA) is 17.0 Å². The van der Waals surface area contributed by atoms with Gasteiger partial charge in [0.05, 0.1) is 5.52 Å². The number of benzene rings is 1. The van der Waals surface area contributed by atoms with Crippen LogP contribution in [0.1, 0.15) is 30.7 Å². The normalized spacial score (nSPS) is 19.6. The van der Waals surface area contributed by atoms with Gasteiger partial charge in [-0.3, -0.25) is 0 Å². The van der Waals surface area contributed by atoms with Crippen molar-refractivity contribution in [3.63, 3.8) is 0 Å². The van der Waals surface area contributed by atoms with Gasteiger partial charge in [0, 0.05) is 30.7 Å². The maximum absolute atomic E-state index is 3.56. The molecule has 0 spiro atoms. The molecular formula is C15H20N2. The Morgan fingerprint density at radius 1 is 1.41 bits per heavy atom. The minimum Gasteiger partial charge on any atom is -0.346 e. The highest BCUT2D eigenvalue weighted by atomic mass is 15.0. The average molecular weight is 228 g/mol. The maximum atomic E-state index is 3.56. The van der Waals surface area contributed by atoms with Gasteiger partial charge in [-0.1, -0.05) is 25.1 Å². The third kappa shape index (κ3) is 1.51. The first-order chi connectivity index (χ1) is 8.22. The molecule has 1 aromatic carbocycles.